The number of hydrogen-bond donors (Lipinski definition) is 3. The SMILES string of the molecule is N#Cc1ccc2c(-c3cncc4cnc(N[C@@H]5CCOC[C@@H]5N)nc34)c[nH]c2c1. The maximum Gasteiger partial charge on any atom is 0.223 e. The van der Waals surface area contributed by atoms with Crippen LogP contribution in [0.3, 0.4) is 0 Å². The number of nitrogens with two attached hydrogens (primary N) is 1. The van der Waals surface area contributed by atoms with Crippen molar-refractivity contribution in [1.29, 1.82) is 5.26 Å². The van der Waals surface area contributed by atoms with Crippen LogP contribution in [0.1, 0.15) is 12.0 Å². The number of aromatic amines is 1. The molecular weight excluding hydrogens is 366 g/mol. The van der Waals surface area contributed by atoms with Gasteiger partial charge >= 0.3 is 0 Å². The predicted octanol–water partition coefficient (Wildman–Crippen LogP) is 2.57. The highest BCUT2D eigenvalue weighted by molar-refractivity contribution is 6.03. The number of anilines is 1. The molecule has 0 saturated carbocycles. The van der Waals surface area contributed by atoms with Gasteiger partial charge < -0.3 is 20.8 Å². The minimum atomic E-state index is -0.0945. The standard InChI is InChI=1S/C21H19N7O/c22-6-12-1-2-14-15(10-25-19(14)5-12)16-9-24-7-13-8-26-21(28-20(13)16)27-18-3-4-29-11-17(18)23/h1-2,5,7-10,17-18,25H,3-4,11,23H2,(H,26,27,28)/t17-,18+/m0/s1. The first-order chi connectivity index (χ1) is 14.2. The van der Waals surface area contributed by atoms with Crippen LogP contribution in [0.2, 0.25) is 0 Å². The molecule has 0 radical (unpaired) electrons. The summed E-state index contributed by atoms with van der Waals surface area (Å²) in [7, 11) is 0. The number of nitrogens with one attached hydrogen (secondary N) is 2. The van der Waals surface area contributed by atoms with Crippen molar-refractivity contribution in [3.8, 4) is 17.2 Å². The summed E-state index contributed by atoms with van der Waals surface area (Å²) in [6, 6.07) is 7.74. The lowest BCUT2D eigenvalue weighted by molar-refractivity contribution is 0.0751. The van der Waals surface area contributed by atoms with Crippen LogP contribution in [0, 0.1) is 11.3 Å². The maximum absolute atomic E-state index is 9.13. The fraction of sp³-hybridized carbons (Fsp3) is 0.238. The average Bonchev–Trinajstić information content (AvgIpc) is 3.18. The Labute approximate surface area is 166 Å². The first kappa shape index (κ1) is 17.6. The van der Waals surface area contributed by atoms with Crippen molar-refractivity contribution in [2.24, 2.45) is 5.73 Å². The molecule has 4 heterocycles. The number of rotatable bonds is 3. The van der Waals surface area contributed by atoms with Gasteiger partial charge in [-0.15, -0.1) is 0 Å². The lowest BCUT2D eigenvalue weighted by atomic mass is 10.0. The molecule has 0 spiro atoms. The number of hydrogen-bond acceptors (Lipinski definition) is 7. The molecule has 8 heteroatoms. The van der Waals surface area contributed by atoms with Crippen LogP contribution < -0.4 is 11.1 Å². The molecule has 8 nitrogen and oxygen atoms in total. The number of H-pyrrole nitrogens is 1. The Hall–Kier alpha value is -3.54. The van der Waals surface area contributed by atoms with Gasteiger partial charge in [0.1, 0.15) is 0 Å². The molecule has 5 rings (SSSR count). The number of aromatic nitrogens is 4. The van der Waals surface area contributed by atoms with Crippen LogP contribution in [0.25, 0.3) is 32.9 Å². The first-order valence-corrected chi connectivity index (χ1v) is 9.45. The van der Waals surface area contributed by atoms with Gasteiger partial charge in [0.2, 0.25) is 5.95 Å². The van der Waals surface area contributed by atoms with Gasteiger partial charge in [-0.2, -0.15) is 5.26 Å². The molecule has 29 heavy (non-hydrogen) atoms. The van der Waals surface area contributed by atoms with Gasteiger partial charge in [-0.3, -0.25) is 4.98 Å². The summed E-state index contributed by atoms with van der Waals surface area (Å²) < 4.78 is 5.41. The third-order valence-electron chi connectivity index (χ3n) is 5.31. The second kappa shape index (κ2) is 7.13. The molecule has 1 aliphatic heterocycles. The Kier molecular flexibility index (Phi) is 4.31. The average molecular weight is 385 g/mol. The molecule has 1 aromatic carbocycles. The molecule has 4 aromatic rings. The molecule has 0 aliphatic carbocycles. The second-order valence-electron chi connectivity index (χ2n) is 7.17. The lowest BCUT2D eigenvalue weighted by Crippen LogP contribution is -2.47. The van der Waals surface area contributed by atoms with Gasteiger partial charge in [0.25, 0.3) is 0 Å². The Morgan fingerprint density at radius 1 is 1.24 bits per heavy atom. The second-order valence-corrected chi connectivity index (χ2v) is 7.17. The van der Waals surface area contributed by atoms with E-state index < -0.39 is 0 Å². The molecule has 0 amide bonds. The van der Waals surface area contributed by atoms with Crippen molar-refractivity contribution in [2.75, 3.05) is 18.5 Å². The largest absolute Gasteiger partial charge is 0.380 e. The zero-order valence-electron chi connectivity index (χ0n) is 15.6. The summed E-state index contributed by atoms with van der Waals surface area (Å²) in [6.45, 7) is 1.20. The van der Waals surface area contributed by atoms with E-state index in [4.69, 9.17) is 20.7 Å². The topological polar surface area (TPSA) is 126 Å². The van der Waals surface area contributed by atoms with Crippen LogP contribution in [0.4, 0.5) is 5.95 Å². The van der Waals surface area contributed by atoms with Gasteiger partial charge in [0.15, 0.2) is 0 Å². The summed E-state index contributed by atoms with van der Waals surface area (Å²) in [6.07, 6.45) is 8.07. The summed E-state index contributed by atoms with van der Waals surface area (Å²) in [4.78, 5) is 16.8. The van der Waals surface area contributed by atoms with Crippen LogP contribution >= 0.6 is 0 Å². The van der Waals surface area contributed by atoms with E-state index in [1.807, 2.05) is 24.4 Å². The van der Waals surface area contributed by atoms with Crippen molar-refractivity contribution in [3.05, 3.63) is 48.5 Å². The third kappa shape index (κ3) is 3.16. The van der Waals surface area contributed by atoms with E-state index in [1.165, 1.54) is 0 Å². The fourth-order valence-corrected chi connectivity index (χ4v) is 3.74. The van der Waals surface area contributed by atoms with Gasteiger partial charge in [-0.25, -0.2) is 9.97 Å². The van der Waals surface area contributed by atoms with E-state index in [0.29, 0.717) is 24.7 Å². The molecule has 2 atom stereocenters. The van der Waals surface area contributed by atoms with Crippen LogP contribution in [-0.4, -0.2) is 45.2 Å². The van der Waals surface area contributed by atoms with Gasteiger partial charge in [0, 0.05) is 70.9 Å². The van der Waals surface area contributed by atoms with E-state index >= 15 is 0 Å². The number of nitrogens with zero attached hydrogens (tertiary/aromatic N) is 4. The normalized spacial score (nSPS) is 19.3. The van der Waals surface area contributed by atoms with Crippen molar-refractivity contribution >= 4 is 27.8 Å². The Morgan fingerprint density at radius 3 is 3.03 bits per heavy atom. The molecular formula is C21H19N7O. The van der Waals surface area contributed by atoms with Gasteiger partial charge in [-0.1, -0.05) is 6.07 Å². The van der Waals surface area contributed by atoms with Crippen molar-refractivity contribution in [3.63, 3.8) is 0 Å². The number of benzene rings is 1. The van der Waals surface area contributed by atoms with Gasteiger partial charge in [0.05, 0.1) is 23.8 Å². The van der Waals surface area contributed by atoms with Crippen molar-refractivity contribution < 1.29 is 4.74 Å². The van der Waals surface area contributed by atoms with Crippen molar-refractivity contribution in [1.82, 2.24) is 19.9 Å². The van der Waals surface area contributed by atoms with E-state index in [2.05, 4.69) is 26.3 Å². The highest BCUT2D eigenvalue weighted by atomic mass is 16.5. The highest BCUT2D eigenvalue weighted by Crippen LogP contribution is 2.33. The zero-order valence-corrected chi connectivity index (χ0v) is 15.6. The molecule has 1 saturated heterocycles. The monoisotopic (exact) mass is 385 g/mol. The van der Waals surface area contributed by atoms with Crippen LogP contribution in [-0.2, 0) is 4.74 Å². The summed E-state index contributed by atoms with van der Waals surface area (Å²) in [5.74, 6) is 0.541. The van der Waals surface area contributed by atoms with E-state index in [-0.39, 0.29) is 12.1 Å². The molecule has 0 unspecified atom stereocenters. The lowest BCUT2D eigenvalue weighted by Gasteiger charge is -2.29. The molecule has 4 N–H and O–H groups in total. The minimum Gasteiger partial charge on any atom is -0.380 e. The van der Waals surface area contributed by atoms with Crippen LogP contribution in [0.15, 0.2) is 43.0 Å². The van der Waals surface area contributed by atoms with Crippen molar-refractivity contribution in [2.45, 2.75) is 18.5 Å². The number of pyridine rings is 1. The van der Waals surface area contributed by atoms with E-state index in [1.54, 1.807) is 18.6 Å². The molecule has 0 bridgehead atoms. The molecule has 1 fully saturated rings. The summed E-state index contributed by atoms with van der Waals surface area (Å²) in [5, 5.41) is 14.4. The molecule has 1 aliphatic rings. The number of fused-ring (bicyclic) bond motifs is 2. The highest BCUT2D eigenvalue weighted by Gasteiger charge is 2.23. The first-order valence-electron chi connectivity index (χ1n) is 9.45. The smallest absolute Gasteiger partial charge is 0.223 e. The minimum absolute atomic E-state index is 0.0731. The summed E-state index contributed by atoms with van der Waals surface area (Å²) >= 11 is 0. The quantitative estimate of drug-likeness (QED) is 0.495. The van der Waals surface area contributed by atoms with Crippen LogP contribution in [0.5, 0.6) is 0 Å². The predicted molar refractivity (Wildman–Crippen MR) is 110 cm³/mol. The Balaban J connectivity index is 1.58. The fourth-order valence-electron chi connectivity index (χ4n) is 3.74. The van der Waals surface area contributed by atoms with E-state index in [0.717, 1.165) is 39.4 Å². The van der Waals surface area contributed by atoms with Gasteiger partial charge in [-0.05, 0) is 18.6 Å². The summed E-state index contributed by atoms with van der Waals surface area (Å²) in [5.41, 5.74) is 10.4. The number of nitriles is 1. The molecule has 3 aromatic heterocycles. The maximum atomic E-state index is 9.13. The number of ether oxygens (including phenoxy) is 1. The zero-order chi connectivity index (χ0) is 19.8. The van der Waals surface area contributed by atoms with E-state index in [9.17, 15) is 0 Å². The third-order valence-corrected chi connectivity index (χ3v) is 5.31. The Bertz CT molecular complexity index is 1240. The Morgan fingerprint density at radius 2 is 2.17 bits per heavy atom. The molecule has 144 valence electrons.